The van der Waals surface area contributed by atoms with Gasteiger partial charge in [-0.25, -0.2) is 0 Å². The number of likely N-dealkylation sites (tertiary alicyclic amines) is 1. The molecule has 0 spiro atoms. The van der Waals surface area contributed by atoms with Crippen LogP contribution in [0.2, 0.25) is 0 Å². The van der Waals surface area contributed by atoms with Crippen LogP contribution in [-0.4, -0.2) is 30.0 Å². The van der Waals surface area contributed by atoms with Gasteiger partial charge in [0, 0.05) is 19.1 Å². The monoisotopic (exact) mass is 195 g/mol. The standard InChI is InChI=1S/C11H21N3/c1-8(2)6-13-11(12)14-7-9-3-4-10(14)5-9/h8-10H,3-7H2,1-2H3,(H2,12,13). The van der Waals surface area contributed by atoms with Gasteiger partial charge in [0.25, 0.3) is 0 Å². The second-order valence-electron chi connectivity index (χ2n) is 5.08. The van der Waals surface area contributed by atoms with E-state index in [0.29, 0.717) is 12.0 Å². The van der Waals surface area contributed by atoms with Gasteiger partial charge < -0.3 is 10.6 Å². The molecule has 2 atom stereocenters. The van der Waals surface area contributed by atoms with Crippen LogP contribution in [-0.2, 0) is 0 Å². The minimum atomic E-state index is 0.605. The van der Waals surface area contributed by atoms with E-state index in [1.165, 1.54) is 19.3 Å². The SMILES string of the molecule is CC(C)CN=C(N)N1CC2CCC1C2. The molecule has 2 N–H and O–H groups in total. The molecule has 80 valence electrons. The molecule has 1 aliphatic heterocycles. The molecule has 1 saturated heterocycles. The van der Waals surface area contributed by atoms with Crippen molar-refractivity contribution in [2.24, 2.45) is 22.6 Å². The largest absolute Gasteiger partial charge is 0.370 e. The van der Waals surface area contributed by atoms with Crippen LogP contribution in [0.1, 0.15) is 33.1 Å². The zero-order chi connectivity index (χ0) is 10.1. The van der Waals surface area contributed by atoms with Crippen LogP contribution in [0.4, 0.5) is 0 Å². The summed E-state index contributed by atoms with van der Waals surface area (Å²) >= 11 is 0. The zero-order valence-electron chi connectivity index (χ0n) is 9.24. The Morgan fingerprint density at radius 3 is 2.79 bits per heavy atom. The molecule has 0 aromatic rings. The van der Waals surface area contributed by atoms with Crippen LogP contribution >= 0.6 is 0 Å². The lowest BCUT2D eigenvalue weighted by molar-refractivity contribution is 0.323. The fraction of sp³-hybridized carbons (Fsp3) is 0.909. The summed E-state index contributed by atoms with van der Waals surface area (Å²) in [4.78, 5) is 6.76. The van der Waals surface area contributed by atoms with Gasteiger partial charge in [-0.3, -0.25) is 4.99 Å². The van der Waals surface area contributed by atoms with Crippen molar-refractivity contribution in [3.63, 3.8) is 0 Å². The van der Waals surface area contributed by atoms with E-state index >= 15 is 0 Å². The van der Waals surface area contributed by atoms with Crippen molar-refractivity contribution in [2.75, 3.05) is 13.1 Å². The number of aliphatic imine (C=N–C) groups is 1. The van der Waals surface area contributed by atoms with Gasteiger partial charge in [0.05, 0.1) is 0 Å². The van der Waals surface area contributed by atoms with Gasteiger partial charge in [0.15, 0.2) is 5.96 Å². The first-order chi connectivity index (χ1) is 6.66. The van der Waals surface area contributed by atoms with E-state index in [0.717, 1.165) is 25.0 Å². The summed E-state index contributed by atoms with van der Waals surface area (Å²) in [6.45, 7) is 6.36. The van der Waals surface area contributed by atoms with Crippen molar-refractivity contribution in [2.45, 2.75) is 39.2 Å². The highest BCUT2D eigenvalue weighted by Gasteiger charge is 2.38. The van der Waals surface area contributed by atoms with Crippen LogP contribution in [0.25, 0.3) is 0 Å². The first kappa shape index (κ1) is 9.81. The van der Waals surface area contributed by atoms with Crippen LogP contribution < -0.4 is 5.73 Å². The van der Waals surface area contributed by atoms with Gasteiger partial charge in [-0.05, 0) is 31.1 Å². The average molecular weight is 195 g/mol. The second-order valence-corrected chi connectivity index (χ2v) is 5.08. The van der Waals surface area contributed by atoms with Gasteiger partial charge in [0.1, 0.15) is 0 Å². The van der Waals surface area contributed by atoms with Crippen molar-refractivity contribution in [3.8, 4) is 0 Å². The number of rotatable bonds is 2. The van der Waals surface area contributed by atoms with Crippen LogP contribution in [0.5, 0.6) is 0 Å². The van der Waals surface area contributed by atoms with Gasteiger partial charge in [-0.15, -0.1) is 0 Å². The molecule has 2 fully saturated rings. The van der Waals surface area contributed by atoms with E-state index < -0.39 is 0 Å². The van der Waals surface area contributed by atoms with Crippen molar-refractivity contribution in [1.82, 2.24) is 4.90 Å². The highest BCUT2D eigenvalue weighted by Crippen LogP contribution is 2.36. The molecular formula is C11H21N3. The van der Waals surface area contributed by atoms with E-state index in [-0.39, 0.29) is 0 Å². The topological polar surface area (TPSA) is 41.6 Å². The quantitative estimate of drug-likeness (QED) is 0.535. The second kappa shape index (κ2) is 3.79. The van der Waals surface area contributed by atoms with Crippen LogP contribution in [0.3, 0.4) is 0 Å². The predicted octanol–water partition coefficient (Wildman–Crippen LogP) is 1.44. The third-order valence-electron chi connectivity index (χ3n) is 3.32. The summed E-state index contributed by atoms with van der Waals surface area (Å²) in [5.41, 5.74) is 5.99. The van der Waals surface area contributed by atoms with Crippen LogP contribution in [0.15, 0.2) is 4.99 Å². The van der Waals surface area contributed by atoms with Gasteiger partial charge >= 0.3 is 0 Å². The maximum Gasteiger partial charge on any atom is 0.191 e. The molecule has 3 nitrogen and oxygen atoms in total. The molecule has 0 radical (unpaired) electrons. The Morgan fingerprint density at radius 1 is 1.50 bits per heavy atom. The zero-order valence-corrected chi connectivity index (χ0v) is 9.24. The van der Waals surface area contributed by atoms with Crippen molar-refractivity contribution < 1.29 is 0 Å². The number of piperidine rings is 1. The number of hydrogen-bond acceptors (Lipinski definition) is 1. The lowest BCUT2D eigenvalue weighted by atomic mass is 10.1. The van der Waals surface area contributed by atoms with E-state index in [1.54, 1.807) is 0 Å². The normalized spacial score (nSPS) is 31.9. The van der Waals surface area contributed by atoms with Crippen molar-refractivity contribution in [3.05, 3.63) is 0 Å². The Kier molecular flexibility index (Phi) is 2.66. The molecule has 2 bridgehead atoms. The number of hydrogen-bond donors (Lipinski definition) is 1. The van der Waals surface area contributed by atoms with E-state index in [1.807, 2.05) is 0 Å². The number of nitrogens with two attached hydrogens (primary N) is 1. The van der Waals surface area contributed by atoms with Gasteiger partial charge in [-0.1, -0.05) is 13.8 Å². The third-order valence-corrected chi connectivity index (χ3v) is 3.32. The third kappa shape index (κ3) is 1.86. The number of fused-ring (bicyclic) bond motifs is 2. The molecule has 0 aromatic carbocycles. The van der Waals surface area contributed by atoms with E-state index in [9.17, 15) is 0 Å². The summed E-state index contributed by atoms with van der Waals surface area (Å²) in [5.74, 6) is 2.28. The Hall–Kier alpha value is -0.730. The van der Waals surface area contributed by atoms with Gasteiger partial charge in [-0.2, -0.15) is 0 Å². The molecule has 1 heterocycles. The molecule has 14 heavy (non-hydrogen) atoms. The molecule has 0 amide bonds. The molecule has 0 aromatic heterocycles. The summed E-state index contributed by atoms with van der Waals surface area (Å²) in [5, 5.41) is 0. The van der Waals surface area contributed by atoms with Crippen molar-refractivity contribution >= 4 is 5.96 Å². The highest BCUT2D eigenvalue weighted by atomic mass is 15.3. The Labute approximate surface area is 86.4 Å². The molecule has 2 rings (SSSR count). The Morgan fingerprint density at radius 2 is 2.29 bits per heavy atom. The smallest absolute Gasteiger partial charge is 0.191 e. The molecule has 1 aliphatic carbocycles. The van der Waals surface area contributed by atoms with Crippen LogP contribution in [0, 0.1) is 11.8 Å². The lowest BCUT2D eigenvalue weighted by Crippen LogP contribution is -2.42. The minimum absolute atomic E-state index is 0.605. The molecule has 1 saturated carbocycles. The first-order valence-corrected chi connectivity index (χ1v) is 5.73. The molecule has 2 aliphatic rings. The van der Waals surface area contributed by atoms with Crippen molar-refractivity contribution in [1.29, 1.82) is 0 Å². The summed E-state index contributed by atoms with van der Waals surface area (Å²) in [6, 6.07) is 0.705. The summed E-state index contributed by atoms with van der Waals surface area (Å²) in [6.07, 6.45) is 4.07. The number of guanidine groups is 1. The Bertz CT molecular complexity index is 235. The van der Waals surface area contributed by atoms with E-state index in [4.69, 9.17) is 5.73 Å². The van der Waals surface area contributed by atoms with Gasteiger partial charge in [0.2, 0.25) is 0 Å². The summed E-state index contributed by atoms with van der Waals surface area (Å²) in [7, 11) is 0. The minimum Gasteiger partial charge on any atom is -0.370 e. The maximum absolute atomic E-state index is 5.99. The fourth-order valence-electron chi connectivity index (χ4n) is 2.57. The average Bonchev–Trinajstić information content (AvgIpc) is 2.74. The summed E-state index contributed by atoms with van der Waals surface area (Å²) < 4.78 is 0. The highest BCUT2D eigenvalue weighted by molar-refractivity contribution is 5.78. The number of nitrogens with zero attached hydrogens (tertiary/aromatic N) is 2. The Balaban J connectivity index is 1.92. The fourth-order valence-corrected chi connectivity index (χ4v) is 2.57. The van der Waals surface area contributed by atoms with E-state index in [2.05, 4.69) is 23.7 Å². The first-order valence-electron chi connectivity index (χ1n) is 5.73. The molecule has 2 unspecified atom stereocenters. The molecular weight excluding hydrogens is 174 g/mol. The molecule has 3 heteroatoms. The lowest BCUT2D eigenvalue weighted by Gasteiger charge is -2.27. The maximum atomic E-state index is 5.99. The predicted molar refractivity (Wildman–Crippen MR) is 59.2 cm³/mol.